The predicted molar refractivity (Wildman–Crippen MR) is 83.2 cm³/mol. The molecular weight excluding hydrogens is 284 g/mol. The maximum absolute atomic E-state index is 11.6. The molecule has 6 heteroatoms. The molecule has 0 spiro atoms. The summed E-state index contributed by atoms with van der Waals surface area (Å²) in [6.45, 7) is 3.14. The third kappa shape index (κ3) is 3.69. The number of hydrogen-bond donors (Lipinski definition) is 1. The molecule has 0 unspecified atom stereocenters. The van der Waals surface area contributed by atoms with Gasteiger partial charge in [0, 0.05) is 37.8 Å². The summed E-state index contributed by atoms with van der Waals surface area (Å²) in [6, 6.07) is 5.64. The normalized spacial score (nSPS) is 15.3. The van der Waals surface area contributed by atoms with Gasteiger partial charge in [0.05, 0.1) is 14.2 Å². The highest BCUT2D eigenvalue weighted by molar-refractivity contribution is 5.93. The lowest BCUT2D eigenvalue weighted by Gasteiger charge is -2.32. The van der Waals surface area contributed by atoms with E-state index in [-0.39, 0.29) is 5.91 Å². The number of nitrogens with zero attached hydrogens (tertiary/aromatic N) is 1. The molecule has 120 valence electrons. The Labute approximate surface area is 130 Å². The molecule has 0 saturated carbocycles. The third-order valence-electron chi connectivity index (χ3n) is 3.92. The van der Waals surface area contributed by atoms with Crippen LogP contribution in [0.4, 0.5) is 5.69 Å². The molecule has 1 aliphatic rings. The Morgan fingerprint density at radius 2 is 1.91 bits per heavy atom. The molecule has 1 aromatic carbocycles. The fourth-order valence-corrected chi connectivity index (χ4v) is 2.63. The van der Waals surface area contributed by atoms with Gasteiger partial charge in [-0.1, -0.05) is 0 Å². The van der Waals surface area contributed by atoms with Gasteiger partial charge >= 0.3 is 5.97 Å². The van der Waals surface area contributed by atoms with E-state index < -0.39 is 5.97 Å². The highest BCUT2D eigenvalue weighted by atomic mass is 16.5. The minimum absolute atomic E-state index is 0.127. The Kier molecular flexibility index (Phi) is 5.25. The van der Waals surface area contributed by atoms with E-state index in [0.717, 1.165) is 31.6 Å². The Hall–Kier alpha value is -2.24. The second-order valence-corrected chi connectivity index (χ2v) is 5.33. The van der Waals surface area contributed by atoms with Crippen LogP contribution in [0.5, 0.6) is 5.75 Å². The standard InChI is InChI=1S/C16H22N2O4/c1-11(19)18-8-6-12(7-9-18)17-13-4-5-14(16(20)22-3)15(10-13)21-2/h4-5,10,12,17H,6-9H2,1-3H3. The maximum atomic E-state index is 11.6. The summed E-state index contributed by atoms with van der Waals surface area (Å²) in [5, 5.41) is 3.43. The quantitative estimate of drug-likeness (QED) is 0.861. The van der Waals surface area contributed by atoms with Gasteiger partial charge in [0.25, 0.3) is 0 Å². The van der Waals surface area contributed by atoms with Gasteiger partial charge < -0.3 is 19.7 Å². The van der Waals surface area contributed by atoms with Gasteiger partial charge in [-0.25, -0.2) is 4.79 Å². The number of ether oxygens (including phenoxy) is 2. The van der Waals surface area contributed by atoms with Gasteiger partial charge in [-0.05, 0) is 25.0 Å². The molecule has 1 aromatic rings. The molecule has 0 aliphatic carbocycles. The lowest BCUT2D eigenvalue weighted by molar-refractivity contribution is -0.129. The van der Waals surface area contributed by atoms with Gasteiger partial charge in [-0.2, -0.15) is 0 Å². The average molecular weight is 306 g/mol. The average Bonchev–Trinajstić information content (AvgIpc) is 2.54. The second-order valence-electron chi connectivity index (χ2n) is 5.33. The van der Waals surface area contributed by atoms with Crippen LogP contribution < -0.4 is 10.1 Å². The van der Waals surface area contributed by atoms with Crippen molar-refractivity contribution < 1.29 is 19.1 Å². The molecule has 1 fully saturated rings. The minimum atomic E-state index is -0.418. The van der Waals surface area contributed by atoms with Crippen LogP contribution in [0, 0.1) is 0 Å². The number of rotatable bonds is 4. The summed E-state index contributed by atoms with van der Waals surface area (Å²) < 4.78 is 9.98. The SMILES string of the molecule is COC(=O)c1ccc(NC2CCN(C(C)=O)CC2)cc1OC. The summed E-state index contributed by atoms with van der Waals surface area (Å²) in [5.41, 5.74) is 1.30. The lowest BCUT2D eigenvalue weighted by Crippen LogP contribution is -2.41. The van der Waals surface area contributed by atoms with Crippen molar-refractivity contribution in [1.29, 1.82) is 0 Å². The number of likely N-dealkylation sites (tertiary alicyclic amines) is 1. The first kappa shape index (κ1) is 16.1. The molecular formula is C16H22N2O4. The first-order valence-corrected chi connectivity index (χ1v) is 7.33. The van der Waals surface area contributed by atoms with E-state index in [4.69, 9.17) is 9.47 Å². The number of benzene rings is 1. The zero-order valence-electron chi connectivity index (χ0n) is 13.2. The maximum Gasteiger partial charge on any atom is 0.341 e. The third-order valence-corrected chi connectivity index (χ3v) is 3.92. The smallest absolute Gasteiger partial charge is 0.341 e. The van der Waals surface area contributed by atoms with Crippen LogP contribution in [-0.4, -0.2) is 50.1 Å². The topological polar surface area (TPSA) is 67.9 Å². The van der Waals surface area contributed by atoms with Crippen molar-refractivity contribution in [1.82, 2.24) is 4.90 Å². The number of carbonyl (C=O) groups excluding carboxylic acids is 2. The van der Waals surface area contributed by atoms with Crippen molar-refractivity contribution >= 4 is 17.6 Å². The molecule has 1 saturated heterocycles. The fraction of sp³-hybridized carbons (Fsp3) is 0.500. The Balaban J connectivity index is 2.02. The molecule has 1 aliphatic heterocycles. The molecule has 6 nitrogen and oxygen atoms in total. The summed E-state index contributed by atoms with van der Waals surface area (Å²) >= 11 is 0. The van der Waals surface area contributed by atoms with Crippen LogP contribution in [-0.2, 0) is 9.53 Å². The number of piperidine rings is 1. The van der Waals surface area contributed by atoms with Crippen LogP contribution in [0.3, 0.4) is 0 Å². The fourth-order valence-electron chi connectivity index (χ4n) is 2.63. The number of methoxy groups -OCH3 is 2. The summed E-state index contributed by atoms with van der Waals surface area (Å²) in [4.78, 5) is 24.8. The van der Waals surface area contributed by atoms with Crippen LogP contribution in [0.2, 0.25) is 0 Å². The Morgan fingerprint density at radius 3 is 2.45 bits per heavy atom. The molecule has 2 rings (SSSR count). The van der Waals surface area contributed by atoms with Crippen LogP contribution in [0.15, 0.2) is 18.2 Å². The van der Waals surface area contributed by atoms with Crippen molar-refractivity contribution in [2.24, 2.45) is 0 Å². The highest BCUT2D eigenvalue weighted by Gasteiger charge is 2.21. The van der Waals surface area contributed by atoms with E-state index in [1.807, 2.05) is 11.0 Å². The summed E-state index contributed by atoms with van der Waals surface area (Å²) in [7, 11) is 2.87. The van der Waals surface area contributed by atoms with Gasteiger partial charge in [-0.3, -0.25) is 4.79 Å². The monoisotopic (exact) mass is 306 g/mol. The van der Waals surface area contributed by atoms with E-state index in [2.05, 4.69) is 5.32 Å². The number of nitrogens with one attached hydrogen (secondary N) is 1. The molecule has 0 bridgehead atoms. The first-order valence-electron chi connectivity index (χ1n) is 7.33. The van der Waals surface area contributed by atoms with Gasteiger partial charge in [-0.15, -0.1) is 0 Å². The van der Waals surface area contributed by atoms with E-state index in [1.165, 1.54) is 14.2 Å². The number of amides is 1. The first-order chi connectivity index (χ1) is 10.5. The van der Waals surface area contributed by atoms with Crippen molar-refractivity contribution in [2.45, 2.75) is 25.8 Å². The van der Waals surface area contributed by atoms with Crippen molar-refractivity contribution in [3.05, 3.63) is 23.8 Å². The van der Waals surface area contributed by atoms with E-state index >= 15 is 0 Å². The Bertz CT molecular complexity index is 551. The second kappa shape index (κ2) is 7.15. The molecule has 0 aromatic heterocycles. The van der Waals surface area contributed by atoms with E-state index in [9.17, 15) is 9.59 Å². The molecule has 1 heterocycles. The van der Waals surface area contributed by atoms with Gasteiger partial charge in [0.2, 0.25) is 5.91 Å². The zero-order chi connectivity index (χ0) is 16.1. The van der Waals surface area contributed by atoms with Crippen LogP contribution in [0.25, 0.3) is 0 Å². The Morgan fingerprint density at radius 1 is 1.23 bits per heavy atom. The van der Waals surface area contributed by atoms with Crippen LogP contribution >= 0.6 is 0 Å². The van der Waals surface area contributed by atoms with Gasteiger partial charge in [0.15, 0.2) is 0 Å². The highest BCUT2D eigenvalue weighted by Crippen LogP contribution is 2.25. The largest absolute Gasteiger partial charge is 0.496 e. The van der Waals surface area contributed by atoms with Crippen molar-refractivity contribution in [3.8, 4) is 5.75 Å². The molecule has 0 radical (unpaired) electrons. The number of carbonyl (C=O) groups is 2. The molecule has 1 amide bonds. The van der Waals surface area contributed by atoms with Crippen molar-refractivity contribution in [3.63, 3.8) is 0 Å². The van der Waals surface area contributed by atoms with Crippen LogP contribution in [0.1, 0.15) is 30.1 Å². The summed E-state index contributed by atoms with van der Waals surface area (Å²) in [6.07, 6.45) is 1.81. The molecule has 22 heavy (non-hydrogen) atoms. The number of hydrogen-bond acceptors (Lipinski definition) is 5. The number of anilines is 1. The van der Waals surface area contributed by atoms with E-state index in [1.54, 1.807) is 19.1 Å². The number of esters is 1. The molecule has 1 N–H and O–H groups in total. The zero-order valence-corrected chi connectivity index (χ0v) is 13.2. The van der Waals surface area contributed by atoms with E-state index in [0.29, 0.717) is 17.4 Å². The lowest BCUT2D eigenvalue weighted by atomic mass is 10.0. The van der Waals surface area contributed by atoms with Crippen molar-refractivity contribution in [2.75, 3.05) is 32.6 Å². The molecule has 0 atom stereocenters. The van der Waals surface area contributed by atoms with Gasteiger partial charge in [0.1, 0.15) is 11.3 Å². The minimum Gasteiger partial charge on any atom is -0.496 e. The predicted octanol–water partition coefficient (Wildman–Crippen LogP) is 1.90. The summed E-state index contributed by atoms with van der Waals surface area (Å²) in [5.74, 6) is 0.193.